The molecule has 41 heavy (non-hydrogen) atoms. The van der Waals surface area contributed by atoms with Crippen LogP contribution >= 0.6 is 0 Å². The van der Waals surface area contributed by atoms with Gasteiger partial charge in [0, 0.05) is 41.1 Å². The molecular weight excluding hydrogens is 518 g/mol. The zero-order valence-electron chi connectivity index (χ0n) is 22.6. The Kier molecular flexibility index (Phi) is 6.97. The predicted molar refractivity (Wildman–Crippen MR) is 155 cm³/mol. The summed E-state index contributed by atoms with van der Waals surface area (Å²) in [7, 11) is 2.07. The number of nitrogens with one attached hydrogen (secondary N) is 2. The third-order valence-corrected chi connectivity index (χ3v) is 7.12. The minimum atomic E-state index is -0.201. The monoisotopic (exact) mass is 545 g/mol. The van der Waals surface area contributed by atoms with E-state index in [1.165, 1.54) is 0 Å². The summed E-state index contributed by atoms with van der Waals surface area (Å²) in [6.07, 6.45) is 10.4. The molecule has 11 nitrogen and oxygen atoms in total. The van der Waals surface area contributed by atoms with E-state index in [0.717, 1.165) is 30.6 Å². The molecule has 1 saturated heterocycles. The van der Waals surface area contributed by atoms with Gasteiger partial charge < -0.3 is 15.4 Å². The molecule has 0 radical (unpaired) electrons. The molecule has 0 bridgehead atoms. The third-order valence-electron chi connectivity index (χ3n) is 7.12. The molecule has 1 aliphatic rings. The average Bonchev–Trinajstić information content (AvgIpc) is 3.61. The second kappa shape index (κ2) is 11.0. The van der Waals surface area contributed by atoms with Crippen molar-refractivity contribution in [1.82, 2.24) is 29.5 Å². The van der Waals surface area contributed by atoms with Gasteiger partial charge in [-0.25, -0.2) is 4.98 Å². The number of anilines is 3. The van der Waals surface area contributed by atoms with Crippen LogP contribution in [0.2, 0.25) is 0 Å². The van der Waals surface area contributed by atoms with E-state index in [0.29, 0.717) is 45.1 Å². The predicted octanol–water partition coefficient (Wildman–Crippen LogP) is 4.98. The van der Waals surface area contributed by atoms with Gasteiger partial charge in [0.1, 0.15) is 24.5 Å². The number of nitrogens with zero attached hydrogens (tertiary/aromatic N) is 7. The lowest BCUT2D eigenvalue weighted by Gasteiger charge is -2.15. The highest BCUT2D eigenvalue weighted by molar-refractivity contribution is 6.03. The molecule has 2 N–H and O–H groups in total. The van der Waals surface area contributed by atoms with Crippen molar-refractivity contribution in [3.05, 3.63) is 84.6 Å². The van der Waals surface area contributed by atoms with Crippen LogP contribution in [0.4, 0.5) is 17.1 Å². The first-order valence-corrected chi connectivity index (χ1v) is 13.2. The maximum absolute atomic E-state index is 12.6. The minimum absolute atomic E-state index is 0.201. The molecule has 5 aromatic rings. The molecule has 3 aromatic heterocycles. The highest BCUT2D eigenvalue weighted by atomic mass is 16.5. The number of benzene rings is 2. The van der Waals surface area contributed by atoms with Gasteiger partial charge in [-0.05, 0) is 75.3 Å². The molecule has 11 heteroatoms. The second-order valence-corrected chi connectivity index (χ2v) is 9.96. The first-order valence-electron chi connectivity index (χ1n) is 13.2. The summed E-state index contributed by atoms with van der Waals surface area (Å²) >= 11 is 0. The Morgan fingerprint density at radius 2 is 2.02 bits per heavy atom. The summed E-state index contributed by atoms with van der Waals surface area (Å²) in [6.45, 7) is 2.97. The fraction of sp³-hybridized carbons (Fsp3) is 0.200. The van der Waals surface area contributed by atoms with Crippen molar-refractivity contribution in [2.75, 3.05) is 24.2 Å². The highest BCUT2D eigenvalue weighted by Crippen LogP contribution is 2.33. The number of nitriles is 1. The number of carbonyl (C=O) groups is 1. The fourth-order valence-electron chi connectivity index (χ4n) is 4.92. The van der Waals surface area contributed by atoms with E-state index < -0.39 is 0 Å². The van der Waals surface area contributed by atoms with Crippen LogP contribution in [0.25, 0.3) is 16.6 Å². The number of hydrogen-bond donors (Lipinski definition) is 2. The van der Waals surface area contributed by atoms with Gasteiger partial charge in [0.2, 0.25) is 11.8 Å². The number of hydrogen-bond acceptors (Lipinski definition) is 9. The van der Waals surface area contributed by atoms with E-state index in [2.05, 4.69) is 48.8 Å². The topological polar surface area (TPSA) is 133 Å². The number of fused-ring (bicyclic) bond motifs is 2. The largest absolute Gasteiger partial charge is 0.439 e. The lowest BCUT2D eigenvalue weighted by molar-refractivity contribution is -0.111. The van der Waals surface area contributed by atoms with Crippen LogP contribution in [0, 0.1) is 18.3 Å². The highest BCUT2D eigenvalue weighted by Gasteiger charge is 2.18. The number of aryl methyl sites for hydroxylation is 1. The van der Waals surface area contributed by atoms with Crippen molar-refractivity contribution in [1.29, 1.82) is 5.26 Å². The van der Waals surface area contributed by atoms with Crippen LogP contribution < -0.4 is 15.4 Å². The first kappa shape index (κ1) is 25.9. The summed E-state index contributed by atoms with van der Waals surface area (Å²) in [5, 5.41) is 24.7. The molecule has 6 rings (SSSR count). The number of carbonyl (C=O) groups excluding carboxylic acids is 1. The number of likely N-dealkylation sites (tertiary alicyclic amines) is 1. The molecule has 204 valence electrons. The van der Waals surface area contributed by atoms with Crippen molar-refractivity contribution < 1.29 is 9.53 Å². The molecule has 1 fully saturated rings. The van der Waals surface area contributed by atoms with E-state index in [-0.39, 0.29) is 11.9 Å². The van der Waals surface area contributed by atoms with Gasteiger partial charge in [0.25, 0.3) is 0 Å². The SMILES string of the molecule is Cc1cc(Nc2c(C#N)cnc3ccc(NC(=O)/C=C/[C@H]4CCCN4C)cc23)ccc1Oc1cc2nncn2cn1. The Labute approximate surface area is 236 Å². The molecule has 1 amide bonds. The van der Waals surface area contributed by atoms with Crippen LogP contribution in [0.1, 0.15) is 24.0 Å². The Balaban J connectivity index is 1.23. The third kappa shape index (κ3) is 5.54. The van der Waals surface area contributed by atoms with Crippen LogP contribution in [0.3, 0.4) is 0 Å². The second-order valence-electron chi connectivity index (χ2n) is 9.96. The average molecular weight is 546 g/mol. The summed E-state index contributed by atoms with van der Waals surface area (Å²) in [6, 6.07) is 15.3. The maximum Gasteiger partial charge on any atom is 0.248 e. The van der Waals surface area contributed by atoms with E-state index in [4.69, 9.17) is 4.74 Å². The molecule has 4 heterocycles. The van der Waals surface area contributed by atoms with Gasteiger partial charge >= 0.3 is 0 Å². The molecule has 0 spiro atoms. The van der Waals surface area contributed by atoms with Crippen LogP contribution in [0.5, 0.6) is 11.6 Å². The molecule has 0 saturated carbocycles. The Morgan fingerprint density at radius 1 is 1.15 bits per heavy atom. The number of amides is 1. The van der Waals surface area contributed by atoms with Crippen molar-refractivity contribution in [3.8, 4) is 17.7 Å². The van der Waals surface area contributed by atoms with Gasteiger partial charge in [-0.1, -0.05) is 6.08 Å². The summed E-state index contributed by atoms with van der Waals surface area (Å²) in [5.74, 6) is 0.835. The number of ether oxygens (including phenoxy) is 1. The van der Waals surface area contributed by atoms with Crippen LogP contribution in [-0.2, 0) is 4.79 Å². The quantitative estimate of drug-likeness (QED) is 0.272. The van der Waals surface area contributed by atoms with Crippen molar-refractivity contribution in [2.24, 2.45) is 0 Å². The lowest BCUT2D eigenvalue weighted by atomic mass is 10.1. The van der Waals surface area contributed by atoms with Gasteiger partial charge in [-0.2, -0.15) is 5.26 Å². The number of likely N-dealkylation sites (N-methyl/N-ethyl adjacent to an activating group) is 1. The van der Waals surface area contributed by atoms with Crippen LogP contribution in [-0.4, -0.2) is 55.0 Å². The number of rotatable bonds is 7. The number of pyridine rings is 1. The molecule has 1 aliphatic heterocycles. The van der Waals surface area contributed by atoms with Gasteiger partial charge in [0.05, 0.1) is 16.8 Å². The minimum Gasteiger partial charge on any atom is -0.439 e. The molecular formula is C30H27N9O2. The Bertz CT molecular complexity index is 1840. The summed E-state index contributed by atoms with van der Waals surface area (Å²) < 4.78 is 7.68. The zero-order valence-corrected chi connectivity index (χ0v) is 22.6. The molecule has 0 unspecified atom stereocenters. The van der Waals surface area contributed by atoms with Crippen LogP contribution in [0.15, 0.2) is 73.5 Å². The summed E-state index contributed by atoms with van der Waals surface area (Å²) in [4.78, 5) is 23.6. The van der Waals surface area contributed by atoms with E-state index in [9.17, 15) is 10.1 Å². The zero-order chi connectivity index (χ0) is 28.3. The van der Waals surface area contributed by atoms with Gasteiger partial charge in [-0.15, -0.1) is 10.2 Å². The first-order chi connectivity index (χ1) is 20.0. The van der Waals surface area contributed by atoms with Crippen molar-refractivity contribution in [2.45, 2.75) is 25.8 Å². The standard InChI is InChI=1S/C30H27N9O2/c1-19-12-21(6-9-26(19)41-29-14-27-37-34-18-39(27)17-33-29)36-30-20(15-31)16-32-25-8-5-22(13-24(25)30)35-28(40)10-7-23-4-3-11-38(23)2/h5-10,12-14,16-18,23H,3-4,11H2,1-2H3,(H,32,36)(H,35,40)/b10-7+/t23-/m1/s1. The van der Waals surface area contributed by atoms with Crippen molar-refractivity contribution in [3.63, 3.8) is 0 Å². The Morgan fingerprint density at radius 3 is 2.83 bits per heavy atom. The van der Waals surface area contributed by atoms with E-state index >= 15 is 0 Å². The molecule has 1 atom stereocenters. The van der Waals surface area contributed by atoms with Gasteiger partial charge in [-0.3, -0.25) is 19.1 Å². The molecule has 0 aliphatic carbocycles. The summed E-state index contributed by atoms with van der Waals surface area (Å²) in [5.41, 5.74) is 4.55. The normalized spacial score (nSPS) is 15.4. The smallest absolute Gasteiger partial charge is 0.248 e. The Hall–Kier alpha value is -5.34. The number of aromatic nitrogens is 5. The van der Waals surface area contributed by atoms with E-state index in [1.54, 1.807) is 41.5 Å². The van der Waals surface area contributed by atoms with E-state index in [1.807, 2.05) is 43.3 Å². The lowest BCUT2D eigenvalue weighted by Crippen LogP contribution is -2.23. The maximum atomic E-state index is 12.6. The van der Waals surface area contributed by atoms with Crippen molar-refractivity contribution >= 4 is 39.5 Å². The molecule has 2 aromatic carbocycles. The fourth-order valence-corrected chi connectivity index (χ4v) is 4.92. The van der Waals surface area contributed by atoms with Gasteiger partial charge in [0.15, 0.2) is 5.65 Å².